The molecule has 1 aromatic heterocycles. The van der Waals surface area contributed by atoms with Crippen LogP contribution in [0.25, 0.3) is 10.1 Å². The summed E-state index contributed by atoms with van der Waals surface area (Å²) in [5.74, 6) is 2.03. The van der Waals surface area contributed by atoms with Crippen LogP contribution in [0.1, 0.15) is 42.5 Å². The normalized spacial score (nSPS) is 22.2. The van der Waals surface area contributed by atoms with E-state index in [1.165, 1.54) is 41.7 Å². The van der Waals surface area contributed by atoms with E-state index < -0.39 is 0 Å². The van der Waals surface area contributed by atoms with Crippen LogP contribution in [-0.2, 0) is 0 Å². The molecule has 0 bridgehead atoms. The van der Waals surface area contributed by atoms with E-state index in [9.17, 15) is 4.79 Å². The molecular formula is C26H32N4OS. The molecule has 1 saturated carbocycles. The average molecular weight is 449 g/mol. The van der Waals surface area contributed by atoms with Gasteiger partial charge in [-0.05, 0) is 80.4 Å². The molecule has 0 radical (unpaired) electrons. The second-order valence-corrected chi connectivity index (χ2v) is 9.98. The molecular weight excluding hydrogens is 416 g/mol. The minimum absolute atomic E-state index is 0.0693. The van der Waals surface area contributed by atoms with Gasteiger partial charge in [0.05, 0.1) is 4.70 Å². The summed E-state index contributed by atoms with van der Waals surface area (Å²) in [7, 11) is 0. The summed E-state index contributed by atoms with van der Waals surface area (Å²) in [6.07, 6.45) is 5.94. The molecule has 32 heavy (non-hydrogen) atoms. The number of amides is 1. The number of carbonyl (C=O) groups excluding carboxylic acids is 1. The van der Waals surface area contributed by atoms with Crippen molar-refractivity contribution in [3.05, 3.63) is 60.2 Å². The third-order valence-corrected chi connectivity index (χ3v) is 7.92. The van der Waals surface area contributed by atoms with Crippen LogP contribution >= 0.6 is 11.5 Å². The first-order chi connectivity index (χ1) is 15.8. The highest BCUT2D eigenvalue weighted by atomic mass is 32.1. The third-order valence-electron chi connectivity index (χ3n) is 7.10. The highest BCUT2D eigenvalue weighted by molar-refractivity contribution is 7.13. The summed E-state index contributed by atoms with van der Waals surface area (Å²) in [5, 5.41) is 4.53. The lowest BCUT2D eigenvalue weighted by Crippen LogP contribution is -2.47. The lowest BCUT2D eigenvalue weighted by molar-refractivity contribution is 0.0919. The van der Waals surface area contributed by atoms with Gasteiger partial charge in [0.2, 0.25) is 0 Å². The smallest absolute Gasteiger partial charge is 0.251 e. The van der Waals surface area contributed by atoms with Crippen molar-refractivity contribution in [2.45, 2.75) is 38.1 Å². The van der Waals surface area contributed by atoms with Gasteiger partial charge < -0.3 is 10.2 Å². The summed E-state index contributed by atoms with van der Waals surface area (Å²) in [6.45, 7) is 5.55. The van der Waals surface area contributed by atoms with Crippen LogP contribution in [-0.4, -0.2) is 53.9 Å². The molecule has 3 aromatic rings. The van der Waals surface area contributed by atoms with E-state index in [1.807, 2.05) is 30.3 Å². The Kier molecular flexibility index (Phi) is 6.69. The van der Waals surface area contributed by atoms with Gasteiger partial charge >= 0.3 is 0 Å². The molecule has 2 heterocycles. The number of hydrogen-bond donors (Lipinski definition) is 1. The molecule has 5 rings (SSSR count). The number of rotatable bonds is 6. The van der Waals surface area contributed by atoms with Crippen molar-refractivity contribution in [1.29, 1.82) is 0 Å². The van der Waals surface area contributed by atoms with Crippen LogP contribution in [0.5, 0.6) is 0 Å². The van der Waals surface area contributed by atoms with Crippen molar-refractivity contribution in [1.82, 2.24) is 14.6 Å². The molecule has 2 aliphatic rings. The number of benzene rings is 2. The van der Waals surface area contributed by atoms with E-state index in [4.69, 9.17) is 4.37 Å². The maximum atomic E-state index is 12.4. The van der Waals surface area contributed by atoms with Crippen LogP contribution in [0.15, 0.2) is 54.6 Å². The van der Waals surface area contributed by atoms with Crippen molar-refractivity contribution in [2.24, 2.45) is 5.92 Å². The number of piperazine rings is 1. The van der Waals surface area contributed by atoms with Crippen LogP contribution in [0.2, 0.25) is 0 Å². The molecule has 2 fully saturated rings. The lowest BCUT2D eigenvalue weighted by atomic mass is 9.84. The molecule has 1 aliphatic heterocycles. The zero-order valence-corrected chi connectivity index (χ0v) is 19.4. The van der Waals surface area contributed by atoms with Crippen LogP contribution in [0.3, 0.4) is 0 Å². The van der Waals surface area contributed by atoms with Crippen molar-refractivity contribution in [3.8, 4) is 0 Å². The fraction of sp³-hybridized carbons (Fsp3) is 0.462. The van der Waals surface area contributed by atoms with E-state index in [1.54, 1.807) is 11.5 Å². The van der Waals surface area contributed by atoms with E-state index in [2.05, 4.69) is 39.4 Å². The predicted octanol–water partition coefficient (Wildman–Crippen LogP) is 4.80. The first-order valence-corrected chi connectivity index (χ1v) is 12.7. The van der Waals surface area contributed by atoms with Gasteiger partial charge in [0.15, 0.2) is 0 Å². The zero-order chi connectivity index (χ0) is 21.8. The quantitative estimate of drug-likeness (QED) is 0.589. The number of nitrogens with zero attached hydrogens (tertiary/aromatic N) is 3. The summed E-state index contributed by atoms with van der Waals surface area (Å²) < 4.78 is 6.01. The Hall–Kier alpha value is -2.44. The fourth-order valence-electron chi connectivity index (χ4n) is 5.10. The topological polar surface area (TPSA) is 48.5 Å². The van der Waals surface area contributed by atoms with Crippen LogP contribution in [0, 0.1) is 5.92 Å². The summed E-state index contributed by atoms with van der Waals surface area (Å²) in [5.41, 5.74) is 0.763. The highest BCUT2D eigenvalue weighted by Gasteiger charge is 2.25. The Balaban J connectivity index is 1.03. The third kappa shape index (κ3) is 4.97. The lowest BCUT2D eigenvalue weighted by Gasteiger charge is -2.36. The van der Waals surface area contributed by atoms with Crippen molar-refractivity contribution < 1.29 is 4.79 Å². The van der Waals surface area contributed by atoms with Gasteiger partial charge in [0, 0.05) is 43.2 Å². The molecule has 0 atom stereocenters. The van der Waals surface area contributed by atoms with Gasteiger partial charge in [0.25, 0.3) is 5.91 Å². The van der Waals surface area contributed by atoms with E-state index in [-0.39, 0.29) is 5.91 Å². The Labute approximate surface area is 194 Å². The minimum atomic E-state index is 0.0693. The maximum absolute atomic E-state index is 12.4. The average Bonchev–Trinajstić information content (AvgIpc) is 3.29. The molecule has 1 amide bonds. The van der Waals surface area contributed by atoms with Crippen LogP contribution < -0.4 is 10.2 Å². The number of carbonyl (C=O) groups is 1. The summed E-state index contributed by atoms with van der Waals surface area (Å²) in [6, 6.07) is 18.4. The molecule has 1 aliphatic carbocycles. The number of hydrogen-bond acceptors (Lipinski definition) is 5. The molecule has 1 saturated heterocycles. The molecule has 0 spiro atoms. The Morgan fingerprint density at radius 1 is 0.938 bits per heavy atom. The Morgan fingerprint density at radius 3 is 2.44 bits per heavy atom. The summed E-state index contributed by atoms with van der Waals surface area (Å²) in [4.78, 5) is 17.5. The first kappa shape index (κ1) is 21.4. The molecule has 0 unspecified atom stereocenters. The molecule has 168 valence electrons. The van der Waals surface area contributed by atoms with E-state index in [0.29, 0.717) is 6.04 Å². The first-order valence-electron chi connectivity index (χ1n) is 11.9. The highest BCUT2D eigenvalue weighted by Crippen LogP contribution is 2.30. The SMILES string of the molecule is O=C(N[C@H]1CC[C@@H](CCN2CCN(c3nsc4ccccc34)CC2)CC1)c1ccccc1. The van der Waals surface area contributed by atoms with Gasteiger partial charge in [-0.1, -0.05) is 30.3 Å². The van der Waals surface area contributed by atoms with Crippen molar-refractivity contribution >= 4 is 33.3 Å². The van der Waals surface area contributed by atoms with Gasteiger partial charge in [-0.15, -0.1) is 0 Å². The number of nitrogens with one attached hydrogen (secondary N) is 1. The van der Waals surface area contributed by atoms with E-state index in [0.717, 1.165) is 50.5 Å². The van der Waals surface area contributed by atoms with Crippen LogP contribution in [0.4, 0.5) is 5.82 Å². The van der Waals surface area contributed by atoms with Crippen molar-refractivity contribution in [3.63, 3.8) is 0 Å². The second-order valence-electron chi connectivity index (χ2n) is 9.18. The second kappa shape index (κ2) is 10.0. The number of aromatic nitrogens is 1. The molecule has 6 heteroatoms. The predicted molar refractivity (Wildman–Crippen MR) is 133 cm³/mol. The van der Waals surface area contributed by atoms with Gasteiger partial charge in [0.1, 0.15) is 5.82 Å². The Bertz CT molecular complexity index is 1020. The van der Waals surface area contributed by atoms with Crippen molar-refractivity contribution in [2.75, 3.05) is 37.6 Å². The largest absolute Gasteiger partial charge is 0.353 e. The zero-order valence-electron chi connectivity index (χ0n) is 18.6. The molecule has 1 N–H and O–H groups in total. The fourth-order valence-corrected chi connectivity index (χ4v) is 5.90. The van der Waals surface area contributed by atoms with Gasteiger partial charge in [-0.2, -0.15) is 4.37 Å². The monoisotopic (exact) mass is 448 g/mol. The molecule has 2 aromatic carbocycles. The van der Waals surface area contributed by atoms with Gasteiger partial charge in [-0.25, -0.2) is 0 Å². The maximum Gasteiger partial charge on any atom is 0.251 e. The number of anilines is 1. The van der Waals surface area contributed by atoms with Gasteiger partial charge in [-0.3, -0.25) is 9.69 Å². The standard InChI is InChI=1S/C26H32N4OS/c31-26(21-6-2-1-3-7-21)27-22-12-10-20(11-13-22)14-15-29-16-18-30(19-17-29)25-23-8-4-5-9-24(23)32-28-25/h1-9,20,22H,10-19H2,(H,27,31)/t20-,22+. The van der Waals surface area contributed by atoms with E-state index >= 15 is 0 Å². The Morgan fingerprint density at radius 2 is 1.66 bits per heavy atom. The minimum Gasteiger partial charge on any atom is -0.353 e. The summed E-state index contributed by atoms with van der Waals surface area (Å²) >= 11 is 1.61. The molecule has 5 nitrogen and oxygen atoms in total. The number of fused-ring (bicyclic) bond motifs is 1.